The lowest BCUT2D eigenvalue weighted by atomic mass is 10.2. The minimum Gasteiger partial charge on any atom is -0.507 e. The van der Waals surface area contributed by atoms with Crippen LogP contribution < -0.4 is 5.32 Å². The van der Waals surface area contributed by atoms with E-state index in [-0.39, 0.29) is 11.3 Å². The van der Waals surface area contributed by atoms with Crippen molar-refractivity contribution in [3.63, 3.8) is 0 Å². The molecule has 82 valence electrons. The van der Waals surface area contributed by atoms with Crippen LogP contribution in [0.15, 0.2) is 28.9 Å². The highest BCUT2D eigenvalue weighted by Crippen LogP contribution is 2.23. The number of amides is 1. The molecule has 0 atom stereocenters. The summed E-state index contributed by atoms with van der Waals surface area (Å²) in [7, 11) is 0. The molecule has 2 rings (SSSR count). The van der Waals surface area contributed by atoms with Gasteiger partial charge in [-0.2, -0.15) is 0 Å². The fraction of sp³-hybridized carbons (Fsp3) is 0. The summed E-state index contributed by atoms with van der Waals surface area (Å²) in [4.78, 5) is 11.7. The summed E-state index contributed by atoms with van der Waals surface area (Å²) in [6.45, 7) is 0. The molecule has 1 aromatic carbocycles. The van der Waals surface area contributed by atoms with Crippen molar-refractivity contribution < 1.29 is 9.90 Å². The number of aromatic nitrogens is 2. The van der Waals surface area contributed by atoms with Crippen LogP contribution in [0.1, 0.15) is 10.4 Å². The SMILES string of the molecule is O=C(Nc1cnns1)c1cc(Br)ccc1O. The largest absolute Gasteiger partial charge is 0.507 e. The number of hydrogen-bond acceptors (Lipinski definition) is 5. The van der Waals surface area contributed by atoms with Crippen LogP contribution in [0.3, 0.4) is 0 Å². The van der Waals surface area contributed by atoms with Gasteiger partial charge in [-0.1, -0.05) is 20.4 Å². The second-order valence-electron chi connectivity index (χ2n) is 2.90. The molecule has 0 saturated heterocycles. The minimum atomic E-state index is -0.398. The van der Waals surface area contributed by atoms with Gasteiger partial charge >= 0.3 is 0 Å². The topological polar surface area (TPSA) is 75.1 Å². The monoisotopic (exact) mass is 299 g/mol. The normalized spacial score (nSPS) is 10.1. The van der Waals surface area contributed by atoms with Crippen molar-refractivity contribution in [3.8, 4) is 5.75 Å². The van der Waals surface area contributed by atoms with Crippen molar-refractivity contribution in [2.75, 3.05) is 5.32 Å². The fourth-order valence-electron chi connectivity index (χ4n) is 1.09. The van der Waals surface area contributed by atoms with Crippen molar-refractivity contribution in [3.05, 3.63) is 34.4 Å². The Hall–Kier alpha value is -1.47. The van der Waals surface area contributed by atoms with Gasteiger partial charge in [0.1, 0.15) is 10.8 Å². The third-order valence-electron chi connectivity index (χ3n) is 1.80. The zero-order chi connectivity index (χ0) is 11.5. The molecule has 1 heterocycles. The van der Waals surface area contributed by atoms with Crippen molar-refractivity contribution in [1.82, 2.24) is 9.59 Å². The Morgan fingerprint density at radius 1 is 1.50 bits per heavy atom. The van der Waals surface area contributed by atoms with Crippen molar-refractivity contribution in [2.24, 2.45) is 0 Å². The predicted molar refractivity (Wildman–Crippen MR) is 63.7 cm³/mol. The number of rotatable bonds is 2. The second kappa shape index (κ2) is 4.58. The van der Waals surface area contributed by atoms with Gasteiger partial charge in [0.2, 0.25) is 0 Å². The summed E-state index contributed by atoms with van der Waals surface area (Å²) in [5.74, 6) is -0.469. The molecule has 16 heavy (non-hydrogen) atoms. The Bertz CT molecular complexity index is 515. The Kier molecular flexibility index (Phi) is 3.16. The van der Waals surface area contributed by atoms with Crippen molar-refractivity contribution in [2.45, 2.75) is 0 Å². The molecule has 0 unspecified atom stereocenters. The fourth-order valence-corrected chi connectivity index (χ4v) is 1.87. The molecule has 0 spiro atoms. The molecule has 0 fully saturated rings. The number of nitrogens with zero attached hydrogens (tertiary/aromatic N) is 2. The second-order valence-corrected chi connectivity index (χ2v) is 4.60. The van der Waals surface area contributed by atoms with Gasteiger partial charge in [0.25, 0.3) is 5.91 Å². The lowest BCUT2D eigenvalue weighted by molar-refractivity contribution is 0.102. The lowest BCUT2D eigenvalue weighted by Crippen LogP contribution is -2.11. The van der Waals surface area contributed by atoms with Crippen LogP contribution in [-0.4, -0.2) is 20.6 Å². The Labute approximate surface area is 103 Å². The summed E-state index contributed by atoms with van der Waals surface area (Å²) in [5, 5.41) is 16.2. The Morgan fingerprint density at radius 2 is 2.31 bits per heavy atom. The lowest BCUT2D eigenvalue weighted by Gasteiger charge is -2.04. The van der Waals surface area contributed by atoms with Crippen LogP contribution in [-0.2, 0) is 0 Å². The summed E-state index contributed by atoms with van der Waals surface area (Å²) >= 11 is 4.30. The van der Waals surface area contributed by atoms with Gasteiger partial charge in [-0.3, -0.25) is 4.79 Å². The summed E-state index contributed by atoms with van der Waals surface area (Å²) < 4.78 is 4.33. The average Bonchev–Trinajstić information content (AvgIpc) is 2.74. The standard InChI is InChI=1S/C9H6BrN3O2S/c10-5-1-2-7(14)6(3-5)9(15)12-8-4-11-13-16-8/h1-4,14H,(H,12,15). The average molecular weight is 300 g/mol. The Balaban J connectivity index is 2.24. The molecule has 0 aliphatic rings. The maximum Gasteiger partial charge on any atom is 0.260 e. The van der Waals surface area contributed by atoms with E-state index < -0.39 is 5.91 Å². The van der Waals surface area contributed by atoms with Crippen LogP contribution in [0.25, 0.3) is 0 Å². The maximum atomic E-state index is 11.7. The smallest absolute Gasteiger partial charge is 0.260 e. The summed E-state index contributed by atoms with van der Waals surface area (Å²) in [6, 6.07) is 4.64. The van der Waals surface area contributed by atoms with Crippen LogP contribution in [0.4, 0.5) is 5.00 Å². The van der Waals surface area contributed by atoms with E-state index in [1.165, 1.54) is 12.3 Å². The molecule has 0 radical (unpaired) electrons. The number of carbonyl (C=O) groups is 1. The highest BCUT2D eigenvalue weighted by molar-refractivity contribution is 9.10. The van der Waals surface area contributed by atoms with E-state index in [4.69, 9.17) is 0 Å². The van der Waals surface area contributed by atoms with Crippen molar-refractivity contribution in [1.29, 1.82) is 0 Å². The zero-order valence-electron chi connectivity index (χ0n) is 7.85. The van der Waals surface area contributed by atoms with E-state index in [9.17, 15) is 9.90 Å². The molecule has 2 N–H and O–H groups in total. The molecular formula is C9H6BrN3O2S. The van der Waals surface area contributed by atoms with E-state index in [0.717, 1.165) is 16.0 Å². The molecule has 1 amide bonds. The quantitative estimate of drug-likeness (QED) is 0.892. The number of phenols is 1. The van der Waals surface area contributed by atoms with Gasteiger partial charge in [0.05, 0.1) is 11.8 Å². The van der Waals surface area contributed by atoms with Gasteiger partial charge in [0, 0.05) is 16.0 Å². The zero-order valence-corrected chi connectivity index (χ0v) is 10.2. The third-order valence-corrected chi connectivity index (χ3v) is 2.87. The molecule has 0 aliphatic carbocycles. The van der Waals surface area contributed by atoms with Crippen LogP contribution in [0.2, 0.25) is 0 Å². The summed E-state index contributed by atoms with van der Waals surface area (Å²) in [5.41, 5.74) is 0.197. The highest BCUT2D eigenvalue weighted by Gasteiger charge is 2.12. The van der Waals surface area contributed by atoms with Gasteiger partial charge in [-0.15, -0.1) is 5.10 Å². The molecule has 1 aromatic heterocycles. The predicted octanol–water partition coefficient (Wildman–Crippen LogP) is 2.26. The number of carbonyl (C=O) groups excluding carboxylic acids is 1. The first-order chi connectivity index (χ1) is 7.66. The van der Waals surface area contributed by atoms with Gasteiger partial charge < -0.3 is 10.4 Å². The minimum absolute atomic E-state index is 0.0711. The molecule has 5 nitrogen and oxygen atoms in total. The number of benzene rings is 1. The first-order valence-electron chi connectivity index (χ1n) is 4.24. The van der Waals surface area contributed by atoms with Crippen LogP contribution in [0.5, 0.6) is 5.75 Å². The number of nitrogens with one attached hydrogen (secondary N) is 1. The van der Waals surface area contributed by atoms with E-state index in [0.29, 0.717) is 5.00 Å². The molecular weight excluding hydrogens is 294 g/mol. The third kappa shape index (κ3) is 2.37. The highest BCUT2D eigenvalue weighted by atomic mass is 79.9. The maximum absolute atomic E-state index is 11.7. The van der Waals surface area contributed by atoms with Crippen LogP contribution in [0, 0.1) is 0 Å². The van der Waals surface area contributed by atoms with E-state index in [1.807, 2.05) is 0 Å². The van der Waals surface area contributed by atoms with E-state index in [1.54, 1.807) is 12.1 Å². The number of aromatic hydroxyl groups is 1. The molecule has 2 aromatic rings. The van der Waals surface area contributed by atoms with Crippen LogP contribution >= 0.6 is 27.5 Å². The summed E-state index contributed by atoms with van der Waals surface area (Å²) in [6.07, 6.45) is 1.44. The molecule has 0 saturated carbocycles. The number of phenolic OH excluding ortho intramolecular Hbond substituents is 1. The molecule has 0 bridgehead atoms. The molecule has 7 heteroatoms. The number of hydrogen-bond donors (Lipinski definition) is 2. The first kappa shape index (κ1) is 11.0. The number of halogens is 1. The number of anilines is 1. The Morgan fingerprint density at radius 3 is 3.00 bits per heavy atom. The van der Waals surface area contributed by atoms with E-state index >= 15 is 0 Å². The van der Waals surface area contributed by atoms with E-state index in [2.05, 4.69) is 30.8 Å². The first-order valence-corrected chi connectivity index (χ1v) is 5.80. The van der Waals surface area contributed by atoms with Gasteiger partial charge in [-0.25, -0.2) is 0 Å². The van der Waals surface area contributed by atoms with Crippen molar-refractivity contribution >= 4 is 38.4 Å². The van der Waals surface area contributed by atoms with Gasteiger partial charge in [0.15, 0.2) is 0 Å². The van der Waals surface area contributed by atoms with Gasteiger partial charge in [-0.05, 0) is 18.2 Å². The molecule has 0 aliphatic heterocycles.